The Labute approximate surface area is 222 Å². The van der Waals surface area contributed by atoms with Crippen LogP contribution in [0.4, 0.5) is 4.39 Å². The zero-order valence-electron chi connectivity index (χ0n) is 22.4. The second-order valence-corrected chi connectivity index (χ2v) is 11.2. The minimum atomic E-state index is -0.884. The van der Waals surface area contributed by atoms with Crippen LogP contribution >= 0.6 is 0 Å². The largest absolute Gasteiger partial charge is 0.352 e. The van der Waals surface area contributed by atoms with Gasteiger partial charge in [-0.05, 0) is 82.7 Å². The number of carbonyl (C=O) groups excluding carboxylic acids is 3. The lowest BCUT2D eigenvalue weighted by atomic mass is 10.1. The van der Waals surface area contributed by atoms with Gasteiger partial charge in [0.25, 0.3) is 0 Å². The highest BCUT2D eigenvalue weighted by atomic mass is 19.1. The van der Waals surface area contributed by atoms with Gasteiger partial charge >= 0.3 is 0 Å². The van der Waals surface area contributed by atoms with Crippen molar-refractivity contribution < 1.29 is 18.8 Å². The van der Waals surface area contributed by atoms with Gasteiger partial charge in [-0.2, -0.15) is 0 Å². The summed E-state index contributed by atoms with van der Waals surface area (Å²) in [7, 11) is 0. The molecule has 1 atom stereocenters. The number of aryl methyl sites for hydroxylation is 2. The number of hydrogen-bond donors (Lipinski definition) is 4. The standard InChI is InChI=1S/C29H36FN5O3/c1-18-6-5-7-21-25(18)33-27(32-21)29(16-17-29)35-26(38)22(13-15-24(37)34-28(2,3)4)31-23(36)14-10-19-8-11-20(30)12-9-19/h5-9,11-12,22H,10,13-17H2,1-4H3,(H,31,36)(H,32,33)(H,34,37)(H,35,38)/t22-/m0/s1. The number of H-pyrrole nitrogens is 1. The van der Waals surface area contributed by atoms with Crippen LogP contribution in [-0.2, 0) is 26.3 Å². The number of nitrogens with zero attached hydrogens (tertiary/aromatic N) is 1. The maximum Gasteiger partial charge on any atom is 0.243 e. The molecule has 0 unspecified atom stereocenters. The predicted molar refractivity (Wildman–Crippen MR) is 144 cm³/mol. The van der Waals surface area contributed by atoms with E-state index in [1.54, 1.807) is 12.1 Å². The van der Waals surface area contributed by atoms with E-state index in [2.05, 4.69) is 20.9 Å². The number of nitrogens with one attached hydrogen (secondary N) is 4. The summed E-state index contributed by atoms with van der Waals surface area (Å²) in [5, 5.41) is 8.81. The Morgan fingerprint density at radius 1 is 1.05 bits per heavy atom. The molecular weight excluding hydrogens is 485 g/mol. The van der Waals surface area contributed by atoms with Crippen LogP contribution in [0.2, 0.25) is 0 Å². The molecule has 38 heavy (non-hydrogen) atoms. The molecule has 1 aromatic heterocycles. The first-order valence-electron chi connectivity index (χ1n) is 13.1. The molecule has 0 aliphatic heterocycles. The van der Waals surface area contributed by atoms with E-state index < -0.39 is 17.1 Å². The van der Waals surface area contributed by atoms with Crippen molar-refractivity contribution in [2.75, 3.05) is 0 Å². The number of aromatic amines is 1. The topological polar surface area (TPSA) is 116 Å². The molecule has 3 aromatic rings. The number of halogens is 1. The van der Waals surface area contributed by atoms with Gasteiger partial charge in [0.1, 0.15) is 17.7 Å². The number of imidazole rings is 1. The fraction of sp³-hybridized carbons (Fsp3) is 0.448. The molecular formula is C29H36FN5O3. The number of para-hydroxylation sites is 1. The highest BCUT2D eigenvalue weighted by molar-refractivity contribution is 5.89. The maximum absolute atomic E-state index is 13.5. The minimum absolute atomic E-state index is 0.0877. The zero-order valence-corrected chi connectivity index (χ0v) is 22.4. The second kappa shape index (κ2) is 10.9. The molecule has 1 heterocycles. The number of benzene rings is 2. The van der Waals surface area contributed by atoms with Crippen LogP contribution in [0, 0.1) is 12.7 Å². The molecule has 2 aromatic carbocycles. The average Bonchev–Trinajstić information content (AvgIpc) is 3.47. The van der Waals surface area contributed by atoms with Crippen molar-refractivity contribution >= 4 is 28.8 Å². The van der Waals surface area contributed by atoms with Crippen LogP contribution in [0.5, 0.6) is 0 Å². The molecule has 0 bridgehead atoms. The van der Waals surface area contributed by atoms with Crippen molar-refractivity contribution in [1.82, 2.24) is 25.9 Å². The van der Waals surface area contributed by atoms with Gasteiger partial charge in [0, 0.05) is 18.4 Å². The van der Waals surface area contributed by atoms with Crippen LogP contribution in [0.1, 0.15) is 69.8 Å². The van der Waals surface area contributed by atoms with Crippen molar-refractivity contribution in [2.24, 2.45) is 0 Å². The highest BCUT2D eigenvalue weighted by Crippen LogP contribution is 2.44. The fourth-order valence-corrected chi connectivity index (χ4v) is 4.47. The Balaban J connectivity index is 1.44. The average molecular weight is 522 g/mol. The minimum Gasteiger partial charge on any atom is -0.352 e. The lowest BCUT2D eigenvalue weighted by molar-refractivity contribution is -0.130. The number of amides is 3. The van der Waals surface area contributed by atoms with Crippen LogP contribution in [-0.4, -0.2) is 39.3 Å². The predicted octanol–water partition coefficient (Wildman–Crippen LogP) is 3.93. The van der Waals surface area contributed by atoms with E-state index in [4.69, 9.17) is 4.98 Å². The Morgan fingerprint density at radius 3 is 2.39 bits per heavy atom. The van der Waals surface area contributed by atoms with Crippen molar-refractivity contribution in [2.45, 2.75) is 83.3 Å². The number of fused-ring (bicyclic) bond motifs is 1. The van der Waals surface area contributed by atoms with Crippen molar-refractivity contribution in [3.05, 3.63) is 65.2 Å². The molecule has 0 spiro atoms. The number of aromatic nitrogens is 2. The molecule has 0 saturated heterocycles. The van der Waals surface area contributed by atoms with Gasteiger partial charge in [-0.1, -0.05) is 24.3 Å². The van der Waals surface area contributed by atoms with E-state index in [1.807, 2.05) is 45.9 Å². The van der Waals surface area contributed by atoms with Gasteiger partial charge in [0.05, 0.1) is 16.6 Å². The number of rotatable bonds is 10. The monoisotopic (exact) mass is 521 g/mol. The van der Waals surface area contributed by atoms with E-state index in [9.17, 15) is 18.8 Å². The zero-order chi connectivity index (χ0) is 27.5. The Morgan fingerprint density at radius 2 is 1.76 bits per heavy atom. The van der Waals surface area contributed by atoms with Crippen molar-refractivity contribution in [3.63, 3.8) is 0 Å². The fourth-order valence-electron chi connectivity index (χ4n) is 4.47. The molecule has 1 aliphatic carbocycles. The van der Waals surface area contributed by atoms with Crippen molar-refractivity contribution in [1.29, 1.82) is 0 Å². The number of hydrogen-bond acceptors (Lipinski definition) is 4. The van der Waals surface area contributed by atoms with Crippen LogP contribution < -0.4 is 16.0 Å². The van der Waals surface area contributed by atoms with Crippen LogP contribution in [0.25, 0.3) is 11.0 Å². The van der Waals surface area contributed by atoms with Gasteiger partial charge in [-0.3, -0.25) is 14.4 Å². The number of carbonyl (C=O) groups is 3. The van der Waals surface area contributed by atoms with E-state index >= 15 is 0 Å². The Hall–Kier alpha value is -3.75. The summed E-state index contributed by atoms with van der Waals surface area (Å²) in [6.45, 7) is 7.65. The Bertz CT molecular complexity index is 1320. The first-order chi connectivity index (χ1) is 17.9. The molecule has 1 aliphatic rings. The molecule has 0 radical (unpaired) electrons. The molecule has 1 fully saturated rings. The molecule has 8 nitrogen and oxygen atoms in total. The highest BCUT2D eigenvalue weighted by Gasteiger charge is 2.49. The first-order valence-corrected chi connectivity index (χ1v) is 13.1. The van der Waals surface area contributed by atoms with Gasteiger partial charge in [-0.25, -0.2) is 9.37 Å². The summed E-state index contributed by atoms with van der Waals surface area (Å²) < 4.78 is 13.2. The summed E-state index contributed by atoms with van der Waals surface area (Å²) in [5.41, 5.74) is 2.63. The quantitative estimate of drug-likeness (QED) is 0.324. The summed E-state index contributed by atoms with van der Waals surface area (Å²) in [6, 6.07) is 11.0. The van der Waals surface area contributed by atoms with E-state index in [0.717, 1.165) is 35.0 Å². The molecule has 9 heteroatoms. The third-order valence-electron chi connectivity index (χ3n) is 6.66. The van der Waals surface area contributed by atoms with E-state index in [0.29, 0.717) is 12.2 Å². The Kier molecular flexibility index (Phi) is 7.85. The van der Waals surface area contributed by atoms with Gasteiger partial charge in [0.15, 0.2) is 0 Å². The smallest absolute Gasteiger partial charge is 0.243 e. The second-order valence-electron chi connectivity index (χ2n) is 11.2. The molecule has 1 saturated carbocycles. The molecule has 3 amide bonds. The third-order valence-corrected chi connectivity index (χ3v) is 6.66. The molecule has 4 rings (SSSR count). The summed E-state index contributed by atoms with van der Waals surface area (Å²) in [4.78, 5) is 46.8. The van der Waals surface area contributed by atoms with Crippen LogP contribution in [0.3, 0.4) is 0 Å². The van der Waals surface area contributed by atoms with Crippen LogP contribution in [0.15, 0.2) is 42.5 Å². The summed E-state index contributed by atoms with van der Waals surface area (Å²) >= 11 is 0. The molecule has 202 valence electrons. The lowest BCUT2D eigenvalue weighted by Gasteiger charge is -2.24. The normalized spacial score (nSPS) is 15.1. The first kappa shape index (κ1) is 27.3. The van der Waals surface area contributed by atoms with Crippen molar-refractivity contribution in [3.8, 4) is 0 Å². The summed E-state index contributed by atoms with van der Waals surface area (Å²) in [6.07, 6.45) is 2.25. The molecule has 4 N–H and O–H groups in total. The maximum atomic E-state index is 13.5. The third kappa shape index (κ3) is 6.96. The summed E-state index contributed by atoms with van der Waals surface area (Å²) in [5.74, 6) is -0.489. The van der Waals surface area contributed by atoms with Gasteiger partial charge in [0.2, 0.25) is 17.7 Å². The van der Waals surface area contributed by atoms with Gasteiger partial charge in [-0.15, -0.1) is 0 Å². The van der Waals surface area contributed by atoms with Gasteiger partial charge < -0.3 is 20.9 Å². The van der Waals surface area contributed by atoms with E-state index in [1.165, 1.54) is 12.1 Å². The van der Waals surface area contributed by atoms with E-state index in [-0.39, 0.29) is 42.8 Å². The lowest BCUT2D eigenvalue weighted by Crippen LogP contribution is -2.50. The SMILES string of the molecule is Cc1cccc2[nH]c(C3(NC(=O)[C@H](CCC(=O)NC(C)(C)C)NC(=O)CCc4ccc(F)cc4)CC3)nc12.